The molecule has 1 nitrogen and oxygen atoms in total. The van der Waals surface area contributed by atoms with Crippen molar-refractivity contribution < 1.29 is 4.74 Å². The third-order valence-electron chi connectivity index (χ3n) is 1.90. The molecule has 0 atom stereocenters. The molecule has 0 saturated carbocycles. The Bertz CT molecular complexity index is 191. The van der Waals surface area contributed by atoms with Gasteiger partial charge in [-0.3, -0.25) is 0 Å². The summed E-state index contributed by atoms with van der Waals surface area (Å²) in [5.41, 5.74) is 4.24. The summed E-state index contributed by atoms with van der Waals surface area (Å²) < 4.78 is 5.03. The summed E-state index contributed by atoms with van der Waals surface area (Å²) in [4.78, 5) is 0. The van der Waals surface area contributed by atoms with Crippen molar-refractivity contribution in [2.45, 2.75) is 40.5 Å². The molecule has 0 bridgehead atoms. The van der Waals surface area contributed by atoms with Gasteiger partial charge in [0.15, 0.2) is 0 Å². The Balaban J connectivity index is 4.15. The molecule has 0 fully saturated rings. The van der Waals surface area contributed by atoms with Crippen LogP contribution in [0.5, 0.6) is 0 Å². The summed E-state index contributed by atoms with van der Waals surface area (Å²) in [6.07, 6.45) is 4.51. The van der Waals surface area contributed by atoms with Crippen LogP contribution in [-0.4, -0.2) is 13.7 Å². The minimum atomic E-state index is 0.855. The van der Waals surface area contributed by atoms with Crippen molar-refractivity contribution in [1.29, 1.82) is 0 Å². The second-order valence-corrected chi connectivity index (χ2v) is 3.84. The third-order valence-corrected chi connectivity index (χ3v) is 1.90. The van der Waals surface area contributed by atoms with Gasteiger partial charge < -0.3 is 4.74 Å². The first kappa shape index (κ1) is 12.4. The summed E-state index contributed by atoms with van der Waals surface area (Å²) >= 11 is 0. The van der Waals surface area contributed by atoms with E-state index in [2.05, 4.69) is 33.8 Å². The van der Waals surface area contributed by atoms with Crippen LogP contribution in [0.15, 0.2) is 22.8 Å². The van der Waals surface area contributed by atoms with Crippen molar-refractivity contribution in [2.75, 3.05) is 13.7 Å². The van der Waals surface area contributed by atoms with E-state index in [1.54, 1.807) is 7.11 Å². The summed E-state index contributed by atoms with van der Waals surface area (Å²) in [5, 5.41) is 0. The molecule has 0 aromatic carbocycles. The lowest BCUT2D eigenvalue weighted by atomic mass is 10.0. The largest absolute Gasteiger partial charge is 0.385 e. The Morgan fingerprint density at radius 2 is 1.77 bits per heavy atom. The molecule has 0 saturated heterocycles. The van der Waals surface area contributed by atoms with E-state index in [1.807, 2.05) is 0 Å². The quantitative estimate of drug-likeness (QED) is 0.465. The average molecular weight is 182 g/mol. The first-order valence-electron chi connectivity index (χ1n) is 4.88. The average Bonchev–Trinajstić information content (AvgIpc) is 2.02. The Morgan fingerprint density at radius 1 is 1.15 bits per heavy atom. The SMILES string of the molecule is COCCCC(C=C(C)C)=C(C)C. The van der Waals surface area contributed by atoms with Crippen molar-refractivity contribution in [3.05, 3.63) is 22.8 Å². The van der Waals surface area contributed by atoms with Crippen molar-refractivity contribution >= 4 is 0 Å². The zero-order chi connectivity index (χ0) is 10.3. The Morgan fingerprint density at radius 3 is 2.15 bits per heavy atom. The lowest BCUT2D eigenvalue weighted by molar-refractivity contribution is 0.195. The summed E-state index contributed by atoms with van der Waals surface area (Å²) in [7, 11) is 1.75. The highest BCUT2D eigenvalue weighted by Gasteiger charge is 1.96. The van der Waals surface area contributed by atoms with Crippen molar-refractivity contribution in [2.24, 2.45) is 0 Å². The normalized spacial score (nSPS) is 9.62. The Labute approximate surface area is 82.5 Å². The summed E-state index contributed by atoms with van der Waals surface area (Å²) in [5.74, 6) is 0. The summed E-state index contributed by atoms with van der Waals surface area (Å²) in [6.45, 7) is 9.47. The number of hydrogen-bond donors (Lipinski definition) is 0. The first-order valence-corrected chi connectivity index (χ1v) is 4.88. The van der Waals surface area contributed by atoms with Gasteiger partial charge in [0.05, 0.1) is 0 Å². The van der Waals surface area contributed by atoms with Gasteiger partial charge in [-0.2, -0.15) is 0 Å². The van der Waals surface area contributed by atoms with Gasteiger partial charge in [-0.05, 0) is 46.1 Å². The van der Waals surface area contributed by atoms with E-state index in [1.165, 1.54) is 16.7 Å². The van der Waals surface area contributed by atoms with E-state index in [0.29, 0.717) is 0 Å². The predicted molar refractivity (Wildman–Crippen MR) is 58.9 cm³/mol. The third kappa shape index (κ3) is 6.59. The lowest BCUT2D eigenvalue weighted by Crippen LogP contribution is -1.91. The maximum Gasteiger partial charge on any atom is 0.0465 e. The second kappa shape index (κ2) is 6.90. The molecule has 0 aromatic rings. The number of methoxy groups -OCH3 is 1. The maximum atomic E-state index is 5.03. The molecule has 76 valence electrons. The highest BCUT2D eigenvalue weighted by molar-refractivity contribution is 5.25. The van der Waals surface area contributed by atoms with Crippen molar-refractivity contribution in [3.8, 4) is 0 Å². The Hall–Kier alpha value is -0.560. The van der Waals surface area contributed by atoms with Gasteiger partial charge in [0.1, 0.15) is 0 Å². The number of rotatable bonds is 5. The van der Waals surface area contributed by atoms with Gasteiger partial charge in [0.2, 0.25) is 0 Å². The minimum Gasteiger partial charge on any atom is -0.385 e. The first-order chi connectivity index (χ1) is 6.07. The zero-order valence-corrected chi connectivity index (χ0v) is 9.61. The Kier molecular flexibility index (Phi) is 6.61. The minimum absolute atomic E-state index is 0.855. The lowest BCUT2D eigenvalue weighted by Gasteiger charge is -2.05. The molecule has 0 aliphatic heterocycles. The van der Waals surface area contributed by atoms with Crippen LogP contribution in [0.2, 0.25) is 0 Å². The van der Waals surface area contributed by atoms with E-state index in [9.17, 15) is 0 Å². The van der Waals surface area contributed by atoms with Crippen LogP contribution in [0.25, 0.3) is 0 Å². The molecule has 0 aliphatic rings. The predicted octanol–water partition coefficient (Wildman–Crippen LogP) is 3.72. The van der Waals surface area contributed by atoms with Crippen molar-refractivity contribution in [1.82, 2.24) is 0 Å². The molecule has 0 unspecified atom stereocenters. The van der Waals surface area contributed by atoms with E-state index >= 15 is 0 Å². The fraction of sp³-hybridized carbons (Fsp3) is 0.667. The monoisotopic (exact) mass is 182 g/mol. The van der Waals surface area contributed by atoms with Crippen LogP contribution in [0, 0.1) is 0 Å². The van der Waals surface area contributed by atoms with Gasteiger partial charge in [-0.25, -0.2) is 0 Å². The van der Waals surface area contributed by atoms with Crippen LogP contribution >= 0.6 is 0 Å². The maximum absolute atomic E-state index is 5.03. The molecular weight excluding hydrogens is 160 g/mol. The molecule has 0 spiro atoms. The van der Waals surface area contributed by atoms with Gasteiger partial charge >= 0.3 is 0 Å². The molecule has 13 heavy (non-hydrogen) atoms. The molecule has 0 heterocycles. The van der Waals surface area contributed by atoms with Gasteiger partial charge in [0.25, 0.3) is 0 Å². The number of hydrogen-bond acceptors (Lipinski definition) is 1. The van der Waals surface area contributed by atoms with E-state index in [-0.39, 0.29) is 0 Å². The smallest absolute Gasteiger partial charge is 0.0465 e. The van der Waals surface area contributed by atoms with Gasteiger partial charge in [-0.15, -0.1) is 0 Å². The number of ether oxygens (including phenoxy) is 1. The molecular formula is C12H22O. The van der Waals surface area contributed by atoms with Crippen LogP contribution in [0.4, 0.5) is 0 Å². The zero-order valence-electron chi connectivity index (χ0n) is 9.61. The van der Waals surface area contributed by atoms with E-state index in [4.69, 9.17) is 4.74 Å². The molecule has 0 radical (unpaired) electrons. The van der Waals surface area contributed by atoms with Crippen LogP contribution in [0.3, 0.4) is 0 Å². The van der Waals surface area contributed by atoms with Crippen molar-refractivity contribution in [3.63, 3.8) is 0 Å². The molecule has 0 N–H and O–H groups in total. The molecule has 1 heteroatoms. The second-order valence-electron chi connectivity index (χ2n) is 3.84. The van der Waals surface area contributed by atoms with Gasteiger partial charge in [-0.1, -0.05) is 17.2 Å². The van der Waals surface area contributed by atoms with E-state index < -0.39 is 0 Å². The van der Waals surface area contributed by atoms with Crippen LogP contribution in [-0.2, 0) is 4.74 Å². The van der Waals surface area contributed by atoms with Crippen LogP contribution < -0.4 is 0 Å². The van der Waals surface area contributed by atoms with E-state index in [0.717, 1.165) is 19.4 Å². The summed E-state index contributed by atoms with van der Waals surface area (Å²) in [6, 6.07) is 0. The van der Waals surface area contributed by atoms with Gasteiger partial charge in [0, 0.05) is 13.7 Å². The molecule has 0 amide bonds. The molecule has 0 aliphatic carbocycles. The van der Waals surface area contributed by atoms with Crippen LogP contribution in [0.1, 0.15) is 40.5 Å². The molecule has 0 aromatic heterocycles. The standard InChI is InChI=1S/C12H22O/c1-10(2)9-12(11(3)4)7-6-8-13-5/h9H,6-8H2,1-5H3. The fourth-order valence-electron chi connectivity index (χ4n) is 1.22. The topological polar surface area (TPSA) is 9.23 Å². The highest BCUT2D eigenvalue weighted by Crippen LogP contribution is 2.14. The highest BCUT2D eigenvalue weighted by atomic mass is 16.5. The fourth-order valence-corrected chi connectivity index (χ4v) is 1.22. The molecule has 0 rings (SSSR count). The number of allylic oxidation sites excluding steroid dienone is 4.